The number of hydrogen-bond donors (Lipinski definition) is 2. The van der Waals surface area contributed by atoms with E-state index in [2.05, 4.69) is 27.0 Å². The third-order valence-electron chi connectivity index (χ3n) is 5.37. The molecule has 0 saturated carbocycles. The number of fused-ring (bicyclic) bond motifs is 1. The Morgan fingerprint density at radius 3 is 2.83 bits per heavy atom. The van der Waals surface area contributed by atoms with Gasteiger partial charge in [-0.1, -0.05) is 13.8 Å². The maximum Gasteiger partial charge on any atom is 0.341 e. The van der Waals surface area contributed by atoms with Crippen molar-refractivity contribution >= 4 is 23.0 Å². The van der Waals surface area contributed by atoms with Crippen molar-refractivity contribution in [2.24, 2.45) is 11.8 Å². The standard InChI is InChI=1S/C18H23N7O4/c1-4-28-17(27)11-5-21-25(6-11)18-22-14(19)13-15(23-18)24(8-20-13)16-10(3)9(2)12(7-26)29-16/h5-6,8-10,12,16,26H,4,7H2,1-3H3,(H2,19,22,23)/t9-,10+,12+,16+/m0/s1. The van der Waals surface area contributed by atoms with Gasteiger partial charge in [-0.15, -0.1) is 0 Å². The monoisotopic (exact) mass is 401 g/mol. The molecule has 0 bridgehead atoms. The van der Waals surface area contributed by atoms with E-state index in [-0.39, 0.29) is 54.7 Å². The van der Waals surface area contributed by atoms with E-state index in [9.17, 15) is 9.90 Å². The van der Waals surface area contributed by atoms with E-state index in [1.54, 1.807) is 17.8 Å². The van der Waals surface area contributed by atoms with Gasteiger partial charge in [-0.25, -0.2) is 14.5 Å². The van der Waals surface area contributed by atoms with Crippen LogP contribution in [0, 0.1) is 11.8 Å². The van der Waals surface area contributed by atoms with E-state index in [0.29, 0.717) is 11.2 Å². The average molecular weight is 401 g/mol. The Labute approximate surface area is 166 Å². The predicted molar refractivity (Wildman–Crippen MR) is 102 cm³/mol. The third kappa shape index (κ3) is 3.21. The smallest absolute Gasteiger partial charge is 0.341 e. The van der Waals surface area contributed by atoms with Crippen LogP contribution < -0.4 is 5.73 Å². The fourth-order valence-electron chi connectivity index (χ4n) is 3.52. The number of aromatic nitrogens is 6. The summed E-state index contributed by atoms with van der Waals surface area (Å²) < 4.78 is 14.2. The zero-order valence-electron chi connectivity index (χ0n) is 16.4. The van der Waals surface area contributed by atoms with E-state index in [1.165, 1.54) is 17.1 Å². The Morgan fingerprint density at radius 1 is 1.34 bits per heavy atom. The molecule has 11 nitrogen and oxygen atoms in total. The Kier molecular flexibility index (Phi) is 4.92. The first-order chi connectivity index (χ1) is 13.9. The lowest BCUT2D eigenvalue weighted by molar-refractivity contribution is -0.0336. The minimum atomic E-state index is -0.477. The van der Waals surface area contributed by atoms with Gasteiger partial charge in [-0.05, 0) is 12.8 Å². The molecule has 29 heavy (non-hydrogen) atoms. The van der Waals surface area contributed by atoms with Crippen molar-refractivity contribution in [3.8, 4) is 5.95 Å². The second-order valence-corrected chi connectivity index (χ2v) is 7.09. The molecule has 3 N–H and O–H groups in total. The van der Waals surface area contributed by atoms with Gasteiger partial charge in [0.15, 0.2) is 11.5 Å². The highest BCUT2D eigenvalue weighted by Gasteiger charge is 2.40. The number of esters is 1. The normalized spacial score (nSPS) is 24.3. The molecular weight excluding hydrogens is 378 g/mol. The first-order valence-corrected chi connectivity index (χ1v) is 9.43. The largest absolute Gasteiger partial charge is 0.462 e. The van der Waals surface area contributed by atoms with E-state index in [4.69, 9.17) is 15.2 Å². The molecule has 0 aromatic carbocycles. The molecule has 0 amide bonds. The molecule has 1 aliphatic heterocycles. The topological polar surface area (TPSA) is 143 Å². The average Bonchev–Trinajstić information content (AvgIpc) is 3.41. The van der Waals surface area contributed by atoms with Crippen LogP contribution in [0.1, 0.15) is 37.4 Å². The van der Waals surface area contributed by atoms with E-state index in [1.807, 2.05) is 6.92 Å². The zero-order chi connectivity index (χ0) is 20.7. The highest BCUT2D eigenvalue weighted by molar-refractivity contribution is 5.89. The van der Waals surface area contributed by atoms with Crippen LogP contribution in [-0.2, 0) is 9.47 Å². The SMILES string of the molecule is CCOC(=O)c1cnn(-c2nc(N)c3ncn([C@@H]4O[C@H](CO)[C@@H](C)[C@H]4C)c3n2)c1. The van der Waals surface area contributed by atoms with Crippen molar-refractivity contribution in [2.75, 3.05) is 18.9 Å². The fraction of sp³-hybridized carbons (Fsp3) is 0.500. The summed E-state index contributed by atoms with van der Waals surface area (Å²) in [6, 6.07) is 0. The molecule has 11 heteroatoms. The number of ether oxygens (including phenoxy) is 2. The lowest BCUT2D eigenvalue weighted by atomic mass is 9.93. The van der Waals surface area contributed by atoms with Crippen LogP contribution in [0.15, 0.2) is 18.7 Å². The number of hydrogen-bond acceptors (Lipinski definition) is 9. The van der Waals surface area contributed by atoms with Gasteiger partial charge >= 0.3 is 5.97 Å². The van der Waals surface area contributed by atoms with E-state index in [0.717, 1.165) is 0 Å². The highest BCUT2D eigenvalue weighted by atomic mass is 16.5. The number of aliphatic hydroxyl groups excluding tert-OH is 1. The van der Waals surface area contributed by atoms with E-state index < -0.39 is 5.97 Å². The number of carbonyl (C=O) groups excluding carboxylic acids is 1. The summed E-state index contributed by atoms with van der Waals surface area (Å²) in [6.07, 6.45) is 3.87. The van der Waals surface area contributed by atoms with Crippen LogP contribution in [0.2, 0.25) is 0 Å². The third-order valence-corrected chi connectivity index (χ3v) is 5.37. The number of nitrogen functional groups attached to an aromatic ring is 1. The molecule has 1 aliphatic rings. The zero-order valence-corrected chi connectivity index (χ0v) is 16.4. The second kappa shape index (κ2) is 7.41. The molecule has 0 unspecified atom stereocenters. The maximum atomic E-state index is 11.9. The summed E-state index contributed by atoms with van der Waals surface area (Å²) in [4.78, 5) is 25.0. The van der Waals surface area contributed by atoms with Gasteiger partial charge in [-0.2, -0.15) is 15.1 Å². The predicted octanol–water partition coefficient (Wildman–Crippen LogP) is 0.933. The molecule has 0 radical (unpaired) electrons. The first kappa shape index (κ1) is 19.3. The van der Waals surface area contributed by atoms with Gasteiger partial charge in [0, 0.05) is 12.1 Å². The number of rotatable bonds is 5. The number of carbonyl (C=O) groups is 1. The second-order valence-electron chi connectivity index (χ2n) is 7.09. The first-order valence-electron chi connectivity index (χ1n) is 9.43. The van der Waals surface area contributed by atoms with Crippen molar-refractivity contribution in [2.45, 2.75) is 33.1 Å². The molecule has 154 valence electrons. The molecule has 0 aliphatic carbocycles. The lowest BCUT2D eigenvalue weighted by Crippen LogP contribution is -2.19. The fourth-order valence-corrected chi connectivity index (χ4v) is 3.52. The number of imidazole rings is 1. The van der Waals surface area contributed by atoms with Crippen molar-refractivity contribution in [1.82, 2.24) is 29.3 Å². The van der Waals surface area contributed by atoms with Gasteiger partial charge in [0.2, 0.25) is 0 Å². The molecule has 4 atom stereocenters. The minimum Gasteiger partial charge on any atom is -0.462 e. The van der Waals surface area contributed by atoms with Crippen LogP contribution in [0.4, 0.5) is 5.82 Å². The van der Waals surface area contributed by atoms with Crippen LogP contribution in [0.25, 0.3) is 17.1 Å². The van der Waals surface area contributed by atoms with Crippen LogP contribution in [0.3, 0.4) is 0 Å². The van der Waals surface area contributed by atoms with Crippen LogP contribution in [-0.4, -0.2) is 59.7 Å². The van der Waals surface area contributed by atoms with Crippen LogP contribution >= 0.6 is 0 Å². The summed E-state index contributed by atoms with van der Waals surface area (Å²) in [5.41, 5.74) is 7.32. The summed E-state index contributed by atoms with van der Waals surface area (Å²) in [6.45, 7) is 6.05. The summed E-state index contributed by atoms with van der Waals surface area (Å²) in [7, 11) is 0. The van der Waals surface area contributed by atoms with Crippen LogP contribution in [0.5, 0.6) is 0 Å². The van der Waals surface area contributed by atoms with Gasteiger partial charge < -0.3 is 20.3 Å². The molecule has 3 aromatic heterocycles. The van der Waals surface area contributed by atoms with Gasteiger partial charge in [0.25, 0.3) is 5.95 Å². The Morgan fingerprint density at radius 2 is 2.14 bits per heavy atom. The number of anilines is 1. The summed E-state index contributed by atoms with van der Waals surface area (Å²) in [5, 5.41) is 13.7. The Bertz CT molecular complexity index is 1050. The molecular formula is C18H23N7O4. The number of nitrogens with two attached hydrogens (primary N) is 1. The van der Waals surface area contributed by atoms with E-state index >= 15 is 0 Å². The summed E-state index contributed by atoms with van der Waals surface area (Å²) >= 11 is 0. The van der Waals surface area contributed by atoms with Gasteiger partial charge in [0.1, 0.15) is 11.7 Å². The quantitative estimate of drug-likeness (QED) is 0.597. The number of nitrogens with zero attached hydrogens (tertiary/aromatic N) is 6. The van der Waals surface area contributed by atoms with Crippen molar-refractivity contribution in [3.63, 3.8) is 0 Å². The highest BCUT2D eigenvalue weighted by Crippen LogP contribution is 2.39. The van der Waals surface area contributed by atoms with Crippen molar-refractivity contribution in [1.29, 1.82) is 0 Å². The summed E-state index contributed by atoms with van der Waals surface area (Å²) in [5.74, 6) is 0.206. The molecule has 1 saturated heterocycles. The lowest BCUT2D eigenvalue weighted by Gasteiger charge is -2.18. The van der Waals surface area contributed by atoms with Gasteiger partial charge in [-0.3, -0.25) is 4.57 Å². The van der Waals surface area contributed by atoms with Crippen molar-refractivity contribution < 1.29 is 19.4 Å². The minimum absolute atomic E-state index is 0.0546. The molecule has 4 rings (SSSR count). The van der Waals surface area contributed by atoms with Gasteiger partial charge in [0.05, 0.1) is 37.4 Å². The molecule has 3 aromatic rings. The molecule has 4 heterocycles. The molecule has 0 spiro atoms. The molecule has 1 fully saturated rings. The Hall–Kier alpha value is -3.05. The van der Waals surface area contributed by atoms with Crippen molar-refractivity contribution in [3.05, 3.63) is 24.3 Å². The Balaban J connectivity index is 1.74. The number of aliphatic hydroxyl groups is 1. The maximum absolute atomic E-state index is 11.9.